The van der Waals surface area contributed by atoms with Crippen LogP contribution in [0.25, 0.3) is 17.1 Å². The number of aromatic nitrogens is 4. The summed E-state index contributed by atoms with van der Waals surface area (Å²) in [5.74, 6) is 1.99. The van der Waals surface area contributed by atoms with E-state index in [2.05, 4.69) is 51.8 Å². The van der Waals surface area contributed by atoms with Gasteiger partial charge in [-0.3, -0.25) is 14.3 Å². The zero-order valence-corrected chi connectivity index (χ0v) is 16.0. The molecule has 2 aromatic heterocycles. The Morgan fingerprint density at radius 3 is 2.65 bits per heavy atom. The molecule has 0 saturated heterocycles. The van der Waals surface area contributed by atoms with Crippen molar-refractivity contribution >= 4 is 17.5 Å². The highest BCUT2D eigenvalue weighted by Crippen LogP contribution is 2.32. The number of nitrogens with zero attached hydrogens (tertiary/aromatic N) is 4. The van der Waals surface area contributed by atoms with Gasteiger partial charge in [-0.1, -0.05) is 43.8 Å². The average Bonchev–Trinajstić information content (AvgIpc) is 3.06. The summed E-state index contributed by atoms with van der Waals surface area (Å²) in [6, 6.07) is 12.2. The van der Waals surface area contributed by atoms with Crippen molar-refractivity contribution in [2.24, 2.45) is 0 Å². The largest absolute Gasteiger partial charge is 0.300 e. The summed E-state index contributed by atoms with van der Waals surface area (Å²) in [6.45, 7) is 5.96. The number of pyridine rings is 1. The molecule has 0 aliphatic heterocycles. The molecule has 0 N–H and O–H groups in total. The van der Waals surface area contributed by atoms with Crippen molar-refractivity contribution in [3.05, 3.63) is 54.4 Å². The van der Waals surface area contributed by atoms with Gasteiger partial charge in [-0.25, -0.2) is 0 Å². The third kappa shape index (κ3) is 4.02. The maximum atomic E-state index is 11.3. The fraction of sp³-hybridized carbons (Fsp3) is 0.300. The number of rotatable bonds is 7. The summed E-state index contributed by atoms with van der Waals surface area (Å²) in [5.41, 5.74) is 3.21. The SMILES string of the molecule is CC(=O)CCSc1nnc(-c2cccnc2)n1-c1ccccc1C(C)C. The third-order valence-electron chi connectivity index (χ3n) is 4.04. The molecule has 2 heterocycles. The van der Waals surface area contributed by atoms with Crippen LogP contribution in [-0.4, -0.2) is 31.3 Å². The predicted octanol–water partition coefficient (Wildman–Crippen LogP) is 4.52. The highest BCUT2D eigenvalue weighted by molar-refractivity contribution is 7.99. The van der Waals surface area contributed by atoms with E-state index in [4.69, 9.17) is 0 Å². The lowest BCUT2D eigenvalue weighted by Gasteiger charge is -2.16. The molecule has 3 rings (SSSR count). The van der Waals surface area contributed by atoms with Crippen molar-refractivity contribution in [1.29, 1.82) is 0 Å². The summed E-state index contributed by atoms with van der Waals surface area (Å²) >= 11 is 1.55. The van der Waals surface area contributed by atoms with Crippen molar-refractivity contribution in [2.45, 2.75) is 38.3 Å². The summed E-state index contributed by atoms with van der Waals surface area (Å²) in [7, 11) is 0. The number of carbonyl (C=O) groups is 1. The van der Waals surface area contributed by atoms with Crippen LogP contribution in [0.4, 0.5) is 0 Å². The minimum atomic E-state index is 0.179. The molecule has 0 saturated carbocycles. The van der Waals surface area contributed by atoms with Crippen molar-refractivity contribution < 1.29 is 4.79 Å². The maximum Gasteiger partial charge on any atom is 0.196 e. The van der Waals surface area contributed by atoms with Gasteiger partial charge >= 0.3 is 0 Å². The van der Waals surface area contributed by atoms with E-state index < -0.39 is 0 Å². The van der Waals surface area contributed by atoms with Gasteiger partial charge < -0.3 is 0 Å². The molecule has 0 atom stereocenters. The topological polar surface area (TPSA) is 60.7 Å². The Hall–Kier alpha value is -2.47. The predicted molar refractivity (Wildman–Crippen MR) is 105 cm³/mol. The van der Waals surface area contributed by atoms with E-state index in [9.17, 15) is 4.79 Å². The molecule has 3 aromatic rings. The van der Waals surface area contributed by atoms with E-state index >= 15 is 0 Å². The van der Waals surface area contributed by atoms with Crippen LogP contribution >= 0.6 is 11.8 Å². The molecule has 0 aliphatic carbocycles. The van der Waals surface area contributed by atoms with Crippen molar-refractivity contribution in [2.75, 3.05) is 5.75 Å². The van der Waals surface area contributed by atoms with Gasteiger partial charge in [-0.05, 0) is 36.6 Å². The van der Waals surface area contributed by atoms with E-state index in [-0.39, 0.29) is 5.78 Å². The highest BCUT2D eigenvalue weighted by atomic mass is 32.2. The first-order chi connectivity index (χ1) is 12.6. The Balaban J connectivity index is 2.11. The fourth-order valence-corrected chi connectivity index (χ4v) is 3.71. The van der Waals surface area contributed by atoms with Gasteiger partial charge in [0, 0.05) is 30.1 Å². The normalized spacial score (nSPS) is 11.1. The molecule has 0 radical (unpaired) electrons. The van der Waals surface area contributed by atoms with Crippen LogP contribution in [0.2, 0.25) is 0 Å². The second kappa shape index (κ2) is 8.27. The number of Topliss-reactive ketones (excluding diaryl/α,β-unsaturated/α-hetero) is 1. The fourth-order valence-electron chi connectivity index (χ4n) is 2.73. The van der Waals surface area contributed by atoms with Gasteiger partial charge in [-0.2, -0.15) is 0 Å². The van der Waals surface area contributed by atoms with Crippen LogP contribution in [0.15, 0.2) is 53.9 Å². The van der Waals surface area contributed by atoms with Crippen LogP contribution in [0.5, 0.6) is 0 Å². The molecule has 0 spiro atoms. The molecule has 134 valence electrons. The number of ketones is 1. The lowest BCUT2D eigenvalue weighted by molar-refractivity contribution is -0.116. The molecular formula is C20H22N4OS. The van der Waals surface area contributed by atoms with Crippen molar-refractivity contribution in [3.63, 3.8) is 0 Å². The second-order valence-corrected chi connectivity index (χ2v) is 7.46. The third-order valence-corrected chi connectivity index (χ3v) is 4.97. The number of benzene rings is 1. The van der Waals surface area contributed by atoms with Crippen molar-refractivity contribution in [3.8, 4) is 17.1 Å². The average molecular weight is 366 g/mol. The number of carbonyl (C=O) groups excluding carboxylic acids is 1. The van der Waals surface area contributed by atoms with E-state index in [1.807, 2.05) is 18.2 Å². The molecule has 0 unspecified atom stereocenters. The minimum Gasteiger partial charge on any atom is -0.300 e. The molecular weight excluding hydrogens is 344 g/mol. The number of thioether (sulfide) groups is 1. The van der Waals surface area contributed by atoms with Crippen LogP contribution in [-0.2, 0) is 4.79 Å². The Morgan fingerprint density at radius 2 is 1.96 bits per heavy atom. The lowest BCUT2D eigenvalue weighted by atomic mass is 10.0. The lowest BCUT2D eigenvalue weighted by Crippen LogP contribution is -2.05. The first-order valence-corrected chi connectivity index (χ1v) is 9.64. The molecule has 0 amide bonds. The summed E-state index contributed by atoms with van der Waals surface area (Å²) in [5, 5.41) is 9.62. The molecule has 5 nitrogen and oxygen atoms in total. The summed E-state index contributed by atoms with van der Waals surface area (Å²) in [6.07, 6.45) is 4.06. The molecule has 26 heavy (non-hydrogen) atoms. The van der Waals surface area contributed by atoms with Crippen molar-refractivity contribution in [1.82, 2.24) is 19.7 Å². The van der Waals surface area contributed by atoms with Crippen LogP contribution < -0.4 is 0 Å². The molecule has 1 aromatic carbocycles. The molecule has 0 aliphatic rings. The van der Waals surface area contributed by atoms with Gasteiger partial charge in [0.15, 0.2) is 11.0 Å². The summed E-state index contributed by atoms with van der Waals surface area (Å²) < 4.78 is 2.08. The summed E-state index contributed by atoms with van der Waals surface area (Å²) in [4.78, 5) is 15.5. The minimum absolute atomic E-state index is 0.179. The van der Waals surface area contributed by atoms with E-state index in [1.54, 1.807) is 31.1 Å². The van der Waals surface area contributed by atoms with Crippen LogP contribution in [0.1, 0.15) is 38.7 Å². The monoisotopic (exact) mass is 366 g/mol. The van der Waals surface area contributed by atoms with Crippen LogP contribution in [0, 0.1) is 0 Å². The Bertz CT molecular complexity index is 890. The van der Waals surface area contributed by atoms with Gasteiger partial charge in [0.05, 0.1) is 5.69 Å². The standard InChI is InChI=1S/C20H22N4OS/c1-14(2)17-8-4-5-9-18(17)24-19(16-7-6-11-21-13-16)22-23-20(24)26-12-10-15(3)25/h4-9,11,13-14H,10,12H2,1-3H3. The van der Waals surface area contributed by atoms with Crippen LogP contribution in [0.3, 0.4) is 0 Å². The smallest absolute Gasteiger partial charge is 0.196 e. The van der Waals surface area contributed by atoms with E-state index in [1.165, 1.54) is 5.56 Å². The molecule has 0 fully saturated rings. The van der Waals surface area contributed by atoms with Gasteiger partial charge in [0.1, 0.15) is 5.78 Å². The Labute approximate surface area is 157 Å². The Morgan fingerprint density at radius 1 is 1.15 bits per heavy atom. The number of para-hydroxylation sites is 1. The number of hydrogen-bond donors (Lipinski definition) is 0. The zero-order valence-electron chi connectivity index (χ0n) is 15.2. The first kappa shape index (κ1) is 18.3. The molecule has 0 bridgehead atoms. The van der Waals surface area contributed by atoms with E-state index in [0.717, 1.165) is 22.2 Å². The second-order valence-electron chi connectivity index (χ2n) is 6.40. The maximum absolute atomic E-state index is 11.3. The van der Waals surface area contributed by atoms with Gasteiger partial charge in [0.25, 0.3) is 0 Å². The van der Waals surface area contributed by atoms with Gasteiger partial charge in [0.2, 0.25) is 0 Å². The van der Waals surface area contributed by atoms with E-state index in [0.29, 0.717) is 18.1 Å². The molecule has 6 heteroatoms. The zero-order chi connectivity index (χ0) is 18.5. The Kier molecular flexibility index (Phi) is 5.83. The number of hydrogen-bond acceptors (Lipinski definition) is 5. The first-order valence-electron chi connectivity index (χ1n) is 8.65. The quantitative estimate of drug-likeness (QED) is 0.575. The highest BCUT2D eigenvalue weighted by Gasteiger charge is 2.19. The van der Waals surface area contributed by atoms with Gasteiger partial charge in [-0.15, -0.1) is 10.2 Å².